The van der Waals surface area contributed by atoms with E-state index in [0.29, 0.717) is 6.54 Å². The van der Waals surface area contributed by atoms with Gasteiger partial charge in [0, 0.05) is 17.4 Å². The van der Waals surface area contributed by atoms with Gasteiger partial charge in [-0.3, -0.25) is 0 Å². The van der Waals surface area contributed by atoms with Crippen molar-refractivity contribution in [2.75, 3.05) is 12.4 Å². The predicted molar refractivity (Wildman–Crippen MR) is 103 cm³/mol. The Bertz CT molecular complexity index is 979. The van der Waals surface area contributed by atoms with Crippen LogP contribution in [0.3, 0.4) is 0 Å². The summed E-state index contributed by atoms with van der Waals surface area (Å²) in [6, 6.07) is 20.4. The molecular weight excluding hydrogens is 330 g/mol. The van der Waals surface area contributed by atoms with Crippen molar-refractivity contribution in [1.29, 1.82) is 0 Å². The smallest absolute Gasteiger partial charge is 0.171 e. The van der Waals surface area contributed by atoms with E-state index < -0.39 is 0 Å². The fraction of sp³-hybridized carbons (Fsp3) is 0.100. The van der Waals surface area contributed by atoms with Gasteiger partial charge in [0.25, 0.3) is 0 Å². The number of fused-ring (bicyclic) bond motifs is 1. The molecule has 4 rings (SSSR count). The molecule has 0 saturated carbocycles. The molecular formula is C20H17N3OS. The lowest BCUT2D eigenvalue weighted by Gasteiger charge is -2.08. The highest BCUT2D eigenvalue weighted by molar-refractivity contribution is 7.22. The minimum absolute atomic E-state index is 0.681. The van der Waals surface area contributed by atoms with E-state index in [1.165, 1.54) is 10.1 Å². The predicted octanol–water partition coefficient (Wildman–Crippen LogP) is 4.98. The Balaban J connectivity index is 1.54. The molecule has 0 unspecified atom stereocenters. The van der Waals surface area contributed by atoms with E-state index in [-0.39, 0.29) is 0 Å². The lowest BCUT2D eigenvalue weighted by molar-refractivity contribution is 0.414. The van der Waals surface area contributed by atoms with Crippen molar-refractivity contribution in [2.24, 2.45) is 0 Å². The van der Waals surface area contributed by atoms with Crippen molar-refractivity contribution in [1.82, 2.24) is 9.97 Å². The Hall–Kier alpha value is -2.92. The second-order valence-corrected chi connectivity index (χ2v) is 6.70. The van der Waals surface area contributed by atoms with Crippen LogP contribution < -0.4 is 10.1 Å². The lowest BCUT2D eigenvalue weighted by Crippen LogP contribution is -2.02. The second-order valence-electron chi connectivity index (χ2n) is 5.62. The van der Waals surface area contributed by atoms with E-state index in [1.54, 1.807) is 24.6 Å². The van der Waals surface area contributed by atoms with Crippen molar-refractivity contribution in [2.45, 2.75) is 6.54 Å². The Kier molecular flexibility index (Phi) is 4.31. The molecule has 0 radical (unpaired) electrons. The van der Waals surface area contributed by atoms with Gasteiger partial charge in [-0.1, -0.05) is 30.3 Å². The van der Waals surface area contributed by atoms with Crippen molar-refractivity contribution in [3.8, 4) is 16.5 Å². The first-order valence-electron chi connectivity index (χ1n) is 8.00. The molecule has 2 aromatic heterocycles. The maximum absolute atomic E-state index is 5.26. The van der Waals surface area contributed by atoms with Crippen LogP contribution in [-0.4, -0.2) is 17.1 Å². The van der Waals surface area contributed by atoms with Gasteiger partial charge < -0.3 is 10.1 Å². The third kappa shape index (κ3) is 3.46. The van der Waals surface area contributed by atoms with Gasteiger partial charge in [0.15, 0.2) is 5.82 Å². The third-order valence-corrected chi connectivity index (χ3v) is 5.02. The Morgan fingerprint density at radius 2 is 1.96 bits per heavy atom. The van der Waals surface area contributed by atoms with Crippen LogP contribution in [0.25, 0.3) is 20.8 Å². The summed E-state index contributed by atoms with van der Waals surface area (Å²) in [5.41, 5.74) is 1.14. The van der Waals surface area contributed by atoms with E-state index in [1.807, 2.05) is 30.3 Å². The number of rotatable bonds is 5. The standard InChI is InChI=1S/C20H17N3OS/c1-24-16-7-4-5-14(11-16)13-22-19-9-10-21-20(23-19)18-12-15-6-2-3-8-17(15)25-18/h2-12H,13H2,1H3,(H,21,22,23). The third-order valence-electron chi connectivity index (χ3n) is 3.91. The van der Waals surface area contributed by atoms with Gasteiger partial charge in [0.05, 0.1) is 12.0 Å². The largest absolute Gasteiger partial charge is 0.497 e. The molecule has 0 bridgehead atoms. The summed E-state index contributed by atoms with van der Waals surface area (Å²) in [7, 11) is 1.67. The number of benzene rings is 2. The molecule has 0 saturated heterocycles. The number of ether oxygens (including phenoxy) is 1. The molecule has 25 heavy (non-hydrogen) atoms. The summed E-state index contributed by atoms with van der Waals surface area (Å²) < 4.78 is 6.51. The van der Waals surface area contributed by atoms with E-state index in [9.17, 15) is 0 Å². The number of aromatic nitrogens is 2. The van der Waals surface area contributed by atoms with Crippen LogP contribution in [0, 0.1) is 0 Å². The van der Waals surface area contributed by atoms with Gasteiger partial charge in [-0.05, 0) is 41.3 Å². The van der Waals surface area contributed by atoms with Crippen molar-refractivity contribution in [3.05, 3.63) is 72.4 Å². The molecule has 0 aliphatic carbocycles. The molecule has 0 fully saturated rings. The molecule has 5 heteroatoms. The highest BCUT2D eigenvalue weighted by Gasteiger charge is 2.07. The average molecular weight is 347 g/mol. The number of hydrogen-bond acceptors (Lipinski definition) is 5. The summed E-state index contributed by atoms with van der Waals surface area (Å²) in [5.74, 6) is 2.41. The summed E-state index contributed by atoms with van der Waals surface area (Å²) in [4.78, 5) is 10.2. The SMILES string of the molecule is COc1cccc(CNc2ccnc(-c3cc4ccccc4s3)n2)c1. The van der Waals surface area contributed by atoms with Crippen LogP contribution in [-0.2, 0) is 6.54 Å². The molecule has 0 aliphatic heterocycles. The first-order valence-corrected chi connectivity index (χ1v) is 8.82. The minimum Gasteiger partial charge on any atom is -0.497 e. The molecule has 0 aliphatic rings. The number of nitrogens with zero attached hydrogens (tertiary/aromatic N) is 2. The Morgan fingerprint density at radius 3 is 2.84 bits per heavy atom. The number of hydrogen-bond donors (Lipinski definition) is 1. The first kappa shape index (κ1) is 15.6. The maximum atomic E-state index is 5.26. The van der Waals surface area contributed by atoms with E-state index in [4.69, 9.17) is 4.74 Å². The lowest BCUT2D eigenvalue weighted by atomic mass is 10.2. The molecule has 2 heterocycles. The van der Waals surface area contributed by atoms with Gasteiger partial charge in [-0.2, -0.15) is 0 Å². The molecule has 0 amide bonds. The quantitative estimate of drug-likeness (QED) is 0.553. The number of methoxy groups -OCH3 is 1. The minimum atomic E-state index is 0.681. The van der Waals surface area contributed by atoms with Crippen LogP contribution in [0.5, 0.6) is 5.75 Å². The highest BCUT2D eigenvalue weighted by Crippen LogP contribution is 2.31. The van der Waals surface area contributed by atoms with Crippen LogP contribution in [0.15, 0.2) is 66.9 Å². The number of anilines is 1. The van der Waals surface area contributed by atoms with E-state index in [2.05, 4.69) is 45.6 Å². The second kappa shape index (κ2) is 6.91. The van der Waals surface area contributed by atoms with E-state index in [0.717, 1.165) is 27.8 Å². The molecule has 1 N–H and O–H groups in total. The molecule has 4 aromatic rings. The molecule has 124 valence electrons. The fourth-order valence-electron chi connectivity index (χ4n) is 2.64. The zero-order chi connectivity index (χ0) is 17.1. The monoisotopic (exact) mass is 347 g/mol. The van der Waals surface area contributed by atoms with Crippen LogP contribution in [0.2, 0.25) is 0 Å². The van der Waals surface area contributed by atoms with Gasteiger partial charge in [0.1, 0.15) is 11.6 Å². The highest BCUT2D eigenvalue weighted by atomic mass is 32.1. The van der Waals surface area contributed by atoms with Crippen LogP contribution >= 0.6 is 11.3 Å². The fourth-order valence-corrected chi connectivity index (χ4v) is 3.65. The van der Waals surface area contributed by atoms with Gasteiger partial charge >= 0.3 is 0 Å². The van der Waals surface area contributed by atoms with Crippen molar-refractivity contribution >= 4 is 27.2 Å². The molecule has 0 atom stereocenters. The number of thiophene rings is 1. The number of nitrogens with one attached hydrogen (secondary N) is 1. The van der Waals surface area contributed by atoms with Gasteiger partial charge in [0.2, 0.25) is 0 Å². The van der Waals surface area contributed by atoms with Gasteiger partial charge in [-0.15, -0.1) is 11.3 Å². The summed E-state index contributed by atoms with van der Waals surface area (Å²) >= 11 is 1.71. The van der Waals surface area contributed by atoms with Crippen molar-refractivity contribution in [3.63, 3.8) is 0 Å². The summed E-state index contributed by atoms with van der Waals surface area (Å²) in [6.07, 6.45) is 1.79. The van der Waals surface area contributed by atoms with Crippen molar-refractivity contribution < 1.29 is 4.74 Å². The summed E-state index contributed by atoms with van der Waals surface area (Å²) in [5, 5.41) is 4.58. The topological polar surface area (TPSA) is 47.0 Å². The normalized spacial score (nSPS) is 10.8. The van der Waals surface area contributed by atoms with Crippen LogP contribution in [0.4, 0.5) is 5.82 Å². The van der Waals surface area contributed by atoms with Crippen LogP contribution in [0.1, 0.15) is 5.56 Å². The molecule has 2 aromatic carbocycles. The first-order chi connectivity index (χ1) is 12.3. The Morgan fingerprint density at radius 1 is 1.04 bits per heavy atom. The zero-order valence-electron chi connectivity index (χ0n) is 13.8. The molecule has 0 spiro atoms. The van der Waals surface area contributed by atoms with Gasteiger partial charge in [-0.25, -0.2) is 9.97 Å². The maximum Gasteiger partial charge on any atom is 0.171 e. The average Bonchev–Trinajstić information content (AvgIpc) is 3.11. The summed E-state index contributed by atoms with van der Waals surface area (Å²) in [6.45, 7) is 0.681. The van der Waals surface area contributed by atoms with E-state index >= 15 is 0 Å². The zero-order valence-corrected chi connectivity index (χ0v) is 14.6. The Labute approximate surface area is 150 Å². The molecule has 4 nitrogen and oxygen atoms in total.